The molecule has 0 aliphatic carbocycles. The van der Waals surface area contributed by atoms with Crippen molar-refractivity contribution in [1.29, 1.82) is 0 Å². The van der Waals surface area contributed by atoms with Crippen LogP contribution in [0.4, 0.5) is 0 Å². The molecule has 7 nitrogen and oxygen atoms in total. The zero-order chi connectivity index (χ0) is 28.7. The predicted molar refractivity (Wildman–Crippen MR) is 161 cm³/mol. The Morgan fingerprint density at radius 2 is 1.80 bits per heavy atom. The number of unbranched alkanes of at least 4 members (excludes halogenated alkanes) is 3. The third-order valence-electron chi connectivity index (χ3n) is 8.70. The Labute approximate surface area is 243 Å². The zero-order valence-electron chi connectivity index (χ0n) is 23.9. The summed E-state index contributed by atoms with van der Waals surface area (Å²) in [5, 5.41) is 9.30. The first-order valence-corrected chi connectivity index (χ1v) is 15.7. The summed E-state index contributed by atoms with van der Waals surface area (Å²) in [6.45, 7) is 12.4. The number of aliphatic hydroxyl groups is 1. The second-order valence-electron chi connectivity index (χ2n) is 11.3. The molecular weight excluding hydrogens is 522 g/mol. The molecule has 218 valence electrons. The Morgan fingerprint density at radius 3 is 2.48 bits per heavy atom. The number of likely N-dealkylation sites (tertiary alicyclic amines) is 1. The molecular formula is C32H45N3O4S. The highest BCUT2D eigenvalue weighted by molar-refractivity contribution is 8.02. The van der Waals surface area contributed by atoms with E-state index in [1.165, 1.54) is 0 Å². The van der Waals surface area contributed by atoms with Crippen LogP contribution in [0.1, 0.15) is 57.4 Å². The molecule has 3 aliphatic heterocycles. The molecule has 1 spiro atoms. The summed E-state index contributed by atoms with van der Waals surface area (Å²) in [6.07, 6.45) is 9.13. The third-order valence-corrected chi connectivity index (χ3v) is 10.6. The smallest absolute Gasteiger partial charge is 0.247 e. The molecule has 2 bridgehead atoms. The highest BCUT2D eigenvalue weighted by Gasteiger charge is 2.73. The maximum atomic E-state index is 14.3. The van der Waals surface area contributed by atoms with Crippen molar-refractivity contribution in [2.45, 2.75) is 74.5 Å². The maximum Gasteiger partial charge on any atom is 0.247 e. The van der Waals surface area contributed by atoms with Gasteiger partial charge in [0.1, 0.15) is 6.04 Å². The Hall–Kier alpha value is -2.58. The number of thioether (sulfide) groups is 1. The molecule has 3 aliphatic rings. The lowest BCUT2D eigenvalue weighted by Gasteiger charge is -2.37. The second-order valence-corrected chi connectivity index (χ2v) is 12.9. The number of rotatable bonds is 16. The summed E-state index contributed by atoms with van der Waals surface area (Å²) in [6, 6.07) is 9.33. The van der Waals surface area contributed by atoms with Crippen LogP contribution in [-0.4, -0.2) is 86.4 Å². The fourth-order valence-electron chi connectivity index (χ4n) is 6.90. The number of benzene rings is 1. The van der Waals surface area contributed by atoms with E-state index in [1.807, 2.05) is 40.1 Å². The number of hydrogen-bond acceptors (Lipinski definition) is 5. The van der Waals surface area contributed by atoms with Crippen LogP contribution in [0.2, 0.25) is 0 Å². The summed E-state index contributed by atoms with van der Waals surface area (Å²) in [5.74, 6) is -1.03. The molecule has 3 fully saturated rings. The van der Waals surface area contributed by atoms with Gasteiger partial charge in [-0.3, -0.25) is 14.4 Å². The van der Waals surface area contributed by atoms with Crippen molar-refractivity contribution < 1.29 is 19.5 Å². The van der Waals surface area contributed by atoms with Crippen molar-refractivity contribution in [2.75, 3.05) is 32.8 Å². The van der Waals surface area contributed by atoms with Gasteiger partial charge in [-0.15, -0.1) is 24.9 Å². The molecule has 4 rings (SSSR count). The molecule has 0 aromatic heterocycles. The molecule has 40 heavy (non-hydrogen) atoms. The van der Waals surface area contributed by atoms with Crippen molar-refractivity contribution in [1.82, 2.24) is 14.7 Å². The molecule has 1 aromatic rings. The molecule has 1 aromatic carbocycles. The van der Waals surface area contributed by atoms with Gasteiger partial charge in [0.2, 0.25) is 17.7 Å². The van der Waals surface area contributed by atoms with E-state index in [0.29, 0.717) is 39.1 Å². The van der Waals surface area contributed by atoms with Crippen LogP contribution in [0, 0.1) is 11.8 Å². The van der Waals surface area contributed by atoms with Gasteiger partial charge in [-0.05, 0) is 44.1 Å². The Balaban J connectivity index is 1.66. The number of fused-ring (bicyclic) bond motifs is 1. The van der Waals surface area contributed by atoms with Gasteiger partial charge in [-0.1, -0.05) is 55.8 Å². The van der Waals surface area contributed by atoms with Crippen LogP contribution in [0.5, 0.6) is 0 Å². The first-order valence-electron chi connectivity index (χ1n) is 14.9. The Kier molecular flexibility index (Phi) is 10.5. The molecule has 5 atom stereocenters. The highest BCUT2D eigenvalue weighted by Crippen LogP contribution is 2.66. The van der Waals surface area contributed by atoms with E-state index < -0.39 is 22.6 Å². The predicted octanol–water partition coefficient (Wildman–Crippen LogP) is 4.27. The van der Waals surface area contributed by atoms with Crippen molar-refractivity contribution in [3.05, 3.63) is 61.2 Å². The number of nitrogens with zero attached hydrogens (tertiary/aromatic N) is 3. The second kappa shape index (κ2) is 13.9. The molecule has 8 heteroatoms. The van der Waals surface area contributed by atoms with Gasteiger partial charge in [0.15, 0.2) is 0 Å². The van der Waals surface area contributed by atoms with E-state index in [0.717, 1.165) is 44.1 Å². The molecule has 3 heterocycles. The van der Waals surface area contributed by atoms with Crippen molar-refractivity contribution >= 4 is 29.5 Å². The molecule has 0 radical (unpaired) electrons. The van der Waals surface area contributed by atoms with Gasteiger partial charge < -0.3 is 19.8 Å². The van der Waals surface area contributed by atoms with Crippen LogP contribution >= 0.6 is 11.8 Å². The topological polar surface area (TPSA) is 81.2 Å². The van der Waals surface area contributed by atoms with Gasteiger partial charge in [-0.2, -0.15) is 0 Å². The quantitative estimate of drug-likeness (QED) is 0.238. The molecule has 1 N–H and O–H groups in total. The van der Waals surface area contributed by atoms with E-state index in [-0.39, 0.29) is 29.6 Å². The fourth-order valence-corrected chi connectivity index (χ4v) is 9.10. The summed E-state index contributed by atoms with van der Waals surface area (Å²) in [5.41, 5.74) is 1.04. The fraction of sp³-hybridized carbons (Fsp3) is 0.594. The van der Waals surface area contributed by atoms with Crippen molar-refractivity contribution in [3.8, 4) is 0 Å². The van der Waals surface area contributed by atoms with Gasteiger partial charge in [0, 0.05) is 44.6 Å². The van der Waals surface area contributed by atoms with Crippen LogP contribution in [0.15, 0.2) is 55.6 Å². The van der Waals surface area contributed by atoms with E-state index >= 15 is 0 Å². The average Bonchev–Trinajstić information content (AvgIpc) is 3.60. The molecule has 2 unspecified atom stereocenters. The first kappa shape index (κ1) is 30.4. The lowest BCUT2D eigenvalue weighted by atomic mass is 9.70. The van der Waals surface area contributed by atoms with E-state index in [2.05, 4.69) is 20.1 Å². The van der Waals surface area contributed by atoms with Crippen LogP contribution < -0.4 is 0 Å². The maximum absolute atomic E-state index is 14.3. The highest BCUT2D eigenvalue weighted by atomic mass is 32.2. The minimum absolute atomic E-state index is 0.0107. The molecule has 3 amide bonds. The molecule has 0 saturated carbocycles. The lowest BCUT2D eigenvalue weighted by Crippen LogP contribution is -2.55. The number of amides is 3. The van der Waals surface area contributed by atoms with Gasteiger partial charge in [0.05, 0.1) is 16.6 Å². The van der Waals surface area contributed by atoms with Crippen LogP contribution in [0.25, 0.3) is 0 Å². The van der Waals surface area contributed by atoms with E-state index in [9.17, 15) is 19.5 Å². The van der Waals surface area contributed by atoms with E-state index in [1.54, 1.807) is 28.8 Å². The van der Waals surface area contributed by atoms with Crippen LogP contribution in [-0.2, 0) is 20.9 Å². The summed E-state index contributed by atoms with van der Waals surface area (Å²) >= 11 is 1.73. The number of aliphatic hydroxyl groups excluding tert-OH is 1. The molecule has 3 saturated heterocycles. The van der Waals surface area contributed by atoms with Gasteiger partial charge in [-0.25, -0.2) is 0 Å². The van der Waals surface area contributed by atoms with Crippen molar-refractivity contribution in [3.63, 3.8) is 0 Å². The van der Waals surface area contributed by atoms with Crippen LogP contribution in [0.3, 0.4) is 0 Å². The Bertz CT molecular complexity index is 1070. The van der Waals surface area contributed by atoms with Gasteiger partial charge in [0.25, 0.3) is 0 Å². The summed E-state index contributed by atoms with van der Waals surface area (Å²) in [4.78, 5) is 48.3. The monoisotopic (exact) mass is 567 g/mol. The average molecular weight is 568 g/mol. The van der Waals surface area contributed by atoms with Gasteiger partial charge >= 0.3 is 0 Å². The summed E-state index contributed by atoms with van der Waals surface area (Å²) in [7, 11) is 0. The number of carbonyl (C=O) groups is 3. The zero-order valence-corrected chi connectivity index (χ0v) is 24.7. The lowest BCUT2D eigenvalue weighted by molar-refractivity contribution is -0.145. The minimum Gasteiger partial charge on any atom is -0.396 e. The number of hydrogen-bond donors (Lipinski definition) is 1. The SMILES string of the molecule is C=CCN(CCCC)C(=O)C1N(CCCCCO)C(=O)[C@@H]2[C@@H](C(=O)N(CC=C)Cc3ccccc3)[C@H]3CCC12S3. The number of carbonyl (C=O) groups excluding carboxylic acids is 3. The first-order chi connectivity index (χ1) is 19.4. The van der Waals surface area contributed by atoms with E-state index in [4.69, 9.17) is 0 Å². The van der Waals surface area contributed by atoms with Crippen molar-refractivity contribution in [2.24, 2.45) is 11.8 Å². The standard InChI is InChI=1S/C32H45N3O4S/c1-4-7-20-33(18-5-2)31(39)28-32-17-16-25(40-32)26(27(32)30(38)35(28)21-12-9-13-22-36)29(37)34(19-6-3)23-24-14-10-8-11-15-24/h5-6,8,10-11,14-15,25-28,36H,2-4,7,9,12-13,16-23H2,1H3/t25-,26+,27+,28?,32?/m1/s1. The minimum atomic E-state index is -0.589. The largest absolute Gasteiger partial charge is 0.396 e. The Morgan fingerprint density at radius 1 is 1.07 bits per heavy atom. The summed E-state index contributed by atoms with van der Waals surface area (Å²) < 4.78 is -0.589. The normalized spacial score (nSPS) is 26.6. The third kappa shape index (κ3) is 5.89.